The van der Waals surface area contributed by atoms with Crippen LogP contribution in [-0.4, -0.2) is 46.5 Å². The molecule has 548 valence electrons. The summed E-state index contributed by atoms with van der Waals surface area (Å²) in [5.41, 5.74) is -12.0. The maximum Gasteiger partial charge on any atom is 0.417 e. The lowest BCUT2D eigenvalue weighted by molar-refractivity contribution is -0.139. The zero-order chi connectivity index (χ0) is 77.9. The van der Waals surface area contributed by atoms with Gasteiger partial charge in [-0.15, -0.1) is 0 Å². The first-order valence-electron chi connectivity index (χ1n) is 30.9. The van der Waals surface area contributed by atoms with Crippen molar-refractivity contribution in [2.45, 2.75) is 43.3 Å². The number of anilines is 6. The van der Waals surface area contributed by atoms with E-state index in [1.807, 2.05) is 0 Å². The van der Waals surface area contributed by atoms with Gasteiger partial charge in [0.25, 0.3) is 41.4 Å². The molecule has 1 unspecified atom stereocenters. The third-order valence-corrected chi connectivity index (χ3v) is 17.9. The molecule has 16 nitrogen and oxygen atoms in total. The minimum atomic E-state index is -5.56. The van der Waals surface area contributed by atoms with Gasteiger partial charge in [0, 0.05) is 28.2 Å². The Hall–Kier alpha value is -13.0. The number of nitrogen functional groups attached to an aromatic ring is 2. The molecule has 4 aliphatic heterocycles. The monoisotopic (exact) mass is 1510 g/mol. The SMILES string of the molecule is Nc1ccc(-c2ccc(N3C(=O)c4ccc(Oc5ccc6c(c5)C(=O)N(c5ccc(-c7ccc(N8C(=O)c9ccc(Oc%10ccc%11c(c%10)C(O)N(c%10ccc(-c%12ccc(N)cc%12C(F)(F)F)c(C(F)(F)F)c%10)C%11=O)cc9C8=O)cc7C(F)(F)F)c(C(F)(F)F)c5)C6=O)cc4C3=O)cc2C(F)(F)F)c(C(F)(F)F)c1. The van der Waals surface area contributed by atoms with E-state index in [-0.39, 0.29) is 61.6 Å². The molecule has 0 fully saturated rings. The molecule has 5 N–H and O–H groups in total. The number of rotatable bonds is 11. The summed E-state index contributed by atoms with van der Waals surface area (Å²) in [6.45, 7) is 0. The van der Waals surface area contributed by atoms with Crippen LogP contribution in [0.5, 0.6) is 23.0 Å². The van der Waals surface area contributed by atoms with Crippen LogP contribution in [0.3, 0.4) is 0 Å². The second kappa shape index (κ2) is 24.8. The van der Waals surface area contributed by atoms with Gasteiger partial charge in [-0.3, -0.25) is 38.5 Å². The average molecular weight is 1510 g/mol. The van der Waals surface area contributed by atoms with Crippen molar-refractivity contribution < 1.29 is 127 Å². The summed E-state index contributed by atoms with van der Waals surface area (Å²) in [5, 5.41) is 11.4. The van der Waals surface area contributed by atoms with E-state index in [4.69, 9.17) is 20.9 Å². The largest absolute Gasteiger partial charge is 0.457 e. The van der Waals surface area contributed by atoms with Gasteiger partial charge in [0.05, 0.1) is 83.8 Å². The number of aliphatic hydroxyl groups is 1. The Labute approximate surface area is 591 Å². The first-order valence-corrected chi connectivity index (χ1v) is 30.9. The molecule has 10 aromatic carbocycles. The number of hydrogen-bond donors (Lipinski definition) is 3. The van der Waals surface area contributed by atoms with Crippen LogP contribution in [0.25, 0.3) is 33.4 Å². The van der Waals surface area contributed by atoms with Crippen LogP contribution in [0.15, 0.2) is 182 Å². The first-order chi connectivity index (χ1) is 50.5. The van der Waals surface area contributed by atoms with Crippen molar-refractivity contribution in [1.82, 2.24) is 0 Å². The van der Waals surface area contributed by atoms with E-state index >= 15 is 26.3 Å². The summed E-state index contributed by atoms with van der Waals surface area (Å²) in [7, 11) is 0. The molecule has 0 aromatic heterocycles. The molecular formula is C74H36F18N6O10. The molecule has 34 heteroatoms. The van der Waals surface area contributed by atoms with E-state index in [0.717, 1.165) is 121 Å². The van der Waals surface area contributed by atoms with Crippen molar-refractivity contribution in [3.63, 3.8) is 0 Å². The fourth-order valence-corrected chi connectivity index (χ4v) is 13.1. The van der Waals surface area contributed by atoms with Crippen molar-refractivity contribution in [3.05, 3.63) is 260 Å². The van der Waals surface area contributed by atoms with E-state index in [1.54, 1.807) is 0 Å². The third-order valence-electron chi connectivity index (χ3n) is 17.9. The number of alkyl halides is 18. The molecule has 14 rings (SSSR count). The molecule has 0 bridgehead atoms. The molecule has 0 radical (unpaired) electrons. The van der Waals surface area contributed by atoms with Crippen LogP contribution < -0.4 is 40.5 Å². The maximum absolute atomic E-state index is 15.2. The Morgan fingerprint density at radius 2 is 0.491 bits per heavy atom. The van der Waals surface area contributed by atoms with Gasteiger partial charge in [-0.25, -0.2) is 14.7 Å². The van der Waals surface area contributed by atoms with E-state index in [1.165, 1.54) is 0 Å². The number of nitrogens with zero attached hydrogens (tertiary/aromatic N) is 4. The molecular weight excluding hydrogens is 1470 g/mol. The average Bonchev–Trinajstić information content (AvgIpc) is 1.44. The van der Waals surface area contributed by atoms with Gasteiger partial charge < -0.3 is 26.0 Å². The minimum absolute atomic E-state index is 0.210. The molecule has 4 heterocycles. The fraction of sp³-hybridized carbons (Fsp3) is 0.0946. The quantitative estimate of drug-likeness (QED) is 0.0625. The standard InChI is InChI=1S/C74H36F18N6O10/c75-69(76,77)55-21-31(93)1-11-41(55)43-13-3-33(23-57(43)71(81,82)83)95-61(99)47-17-7-37(27-51(47)65(95)103)107-39-9-19-49-53(29-39)67(105)97(63(49)101)35-5-15-45(59(25-35)73(87,88)89)46-16-6-36(26-60(46)74(90,91)92)98-64(102)50-20-10-40(30-54(50)68(98)106)108-38-8-18-48-52(28-38)66(104)96(62(48)100)34-4-14-44(58(24-34)72(84,85)86)42-12-2-32(94)22-56(42)70(78,79)80/h1-30,65,103H,93-94H2. The van der Waals surface area contributed by atoms with Crippen molar-refractivity contribution >= 4 is 75.5 Å². The Bertz CT molecular complexity index is 5650. The summed E-state index contributed by atoms with van der Waals surface area (Å²) in [5.74, 6) is -9.55. The van der Waals surface area contributed by atoms with Crippen LogP contribution in [0.2, 0.25) is 0 Å². The highest BCUT2D eigenvalue weighted by molar-refractivity contribution is 6.36. The van der Waals surface area contributed by atoms with Crippen molar-refractivity contribution in [1.29, 1.82) is 0 Å². The van der Waals surface area contributed by atoms with Gasteiger partial charge in [-0.1, -0.05) is 36.4 Å². The molecule has 4 aliphatic rings. The molecule has 0 spiro atoms. The van der Waals surface area contributed by atoms with E-state index in [0.29, 0.717) is 58.3 Å². The predicted molar refractivity (Wildman–Crippen MR) is 346 cm³/mol. The minimum Gasteiger partial charge on any atom is -0.457 e. The molecule has 0 aliphatic carbocycles. The van der Waals surface area contributed by atoms with Gasteiger partial charge in [-0.05, 0) is 179 Å². The van der Waals surface area contributed by atoms with Crippen LogP contribution in [0.1, 0.15) is 118 Å². The van der Waals surface area contributed by atoms with E-state index in [2.05, 4.69) is 0 Å². The number of benzene rings is 10. The molecule has 0 saturated carbocycles. The second-order valence-corrected chi connectivity index (χ2v) is 24.5. The number of carbonyl (C=O) groups excluding carboxylic acids is 7. The molecule has 1 atom stereocenters. The lowest BCUT2D eigenvalue weighted by Crippen LogP contribution is -2.30. The number of ether oxygens (including phenoxy) is 2. The Kier molecular flexibility index (Phi) is 16.5. The number of carbonyl (C=O) groups is 7. The van der Waals surface area contributed by atoms with E-state index < -0.39 is 213 Å². The Morgan fingerprint density at radius 3 is 0.787 bits per heavy atom. The van der Waals surface area contributed by atoms with Crippen molar-refractivity contribution in [2.75, 3.05) is 31.1 Å². The van der Waals surface area contributed by atoms with Crippen LogP contribution in [0, 0.1) is 0 Å². The van der Waals surface area contributed by atoms with Gasteiger partial charge in [0.2, 0.25) is 0 Å². The highest BCUT2D eigenvalue weighted by Gasteiger charge is 2.48. The third kappa shape index (κ3) is 12.3. The predicted octanol–water partition coefficient (Wildman–Crippen LogP) is 18.6. The molecule has 0 saturated heterocycles. The summed E-state index contributed by atoms with van der Waals surface area (Å²) in [6.07, 6.45) is -34.2. The summed E-state index contributed by atoms with van der Waals surface area (Å²) in [4.78, 5) is 98.4. The van der Waals surface area contributed by atoms with Crippen LogP contribution >= 0.6 is 0 Å². The lowest BCUT2D eigenvalue weighted by atomic mass is 9.93. The van der Waals surface area contributed by atoms with Gasteiger partial charge in [0.1, 0.15) is 23.0 Å². The second-order valence-electron chi connectivity index (χ2n) is 24.5. The van der Waals surface area contributed by atoms with Crippen LogP contribution in [-0.2, 0) is 37.1 Å². The molecule has 7 amide bonds. The molecule has 108 heavy (non-hydrogen) atoms. The highest BCUT2D eigenvalue weighted by atomic mass is 19.4. The normalized spacial score (nSPS) is 15.4. The summed E-state index contributed by atoms with van der Waals surface area (Å²) < 4.78 is 275. The fourth-order valence-electron chi connectivity index (χ4n) is 13.1. The Morgan fingerprint density at radius 1 is 0.259 bits per heavy atom. The lowest BCUT2D eigenvalue weighted by Gasteiger charge is -2.24. The Balaban J connectivity index is 0.683. The topological polar surface area (TPSA) is 223 Å². The smallest absolute Gasteiger partial charge is 0.417 e. The van der Waals surface area contributed by atoms with Crippen LogP contribution in [0.4, 0.5) is 113 Å². The number of nitrogens with two attached hydrogens (primary N) is 2. The summed E-state index contributed by atoms with van der Waals surface area (Å²) in [6, 6.07) is 23.3. The van der Waals surface area contributed by atoms with Crippen molar-refractivity contribution in [3.8, 4) is 56.4 Å². The number of amides is 7. The number of imide groups is 3. The number of halogens is 18. The van der Waals surface area contributed by atoms with Crippen molar-refractivity contribution in [2.24, 2.45) is 0 Å². The van der Waals surface area contributed by atoms with E-state index in [9.17, 15) is 91.4 Å². The number of hydrogen-bond acceptors (Lipinski definition) is 12. The zero-order valence-corrected chi connectivity index (χ0v) is 53.3. The molecule has 10 aromatic rings. The maximum atomic E-state index is 15.2. The van der Waals surface area contributed by atoms with Gasteiger partial charge in [-0.2, -0.15) is 79.0 Å². The first kappa shape index (κ1) is 72.0. The number of fused-ring (bicyclic) bond motifs is 4. The zero-order valence-electron chi connectivity index (χ0n) is 53.3. The summed E-state index contributed by atoms with van der Waals surface area (Å²) >= 11 is 0. The van der Waals surface area contributed by atoms with Gasteiger partial charge >= 0.3 is 37.1 Å². The van der Waals surface area contributed by atoms with Gasteiger partial charge in [0.15, 0.2) is 6.23 Å². The highest BCUT2D eigenvalue weighted by Crippen LogP contribution is 2.52. The number of aliphatic hydroxyl groups excluding tert-OH is 1.